The quantitative estimate of drug-likeness (QED) is 0.872. The maximum atomic E-state index is 12.1. The average molecular weight is 321 g/mol. The number of H-pyrrole nitrogens is 1. The first kappa shape index (κ1) is 15.1. The number of rotatable bonds is 5. The number of thiazole rings is 1. The summed E-state index contributed by atoms with van der Waals surface area (Å²) >= 11 is 1.43. The zero-order valence-electron chi connectivity index (χ0n) is 12.5. The third-order valence-corrected chi connectivity index (χ3v) is 4.31. The Balaban J connectivity index is 1.57. The molecule has 1 saturated heterocycles. The third-order valence-electron chi connectivity index (χ3n) is 3.51. The summed E-state index contributed by atoms with van der Waals surface area (Å²) in [5.41, 5.74) is 2.30. The summed E-state index contributed by atoms with van der Waals surface area (Å²) in [5, 5.41) is 12.2. The summed E-state index contributed by atoms with van der Waals surface area (Å²) in [7, 11) is 0. The number of hydrogen-bond donors (Lipinski definition) is 2. The van der Waals surface area contributed by atoms with E-state index >= 15 is 0 Å². The van der Waals surface area contributed by atoms with Crippen LogP contribution >= 0.6 is 11.3 Å². The molecule has 22 heavy (non-hydrogen) atoms. The van der Waals surface area contributed by atoms with Gasteiger partial charge in [0, 0.05) is 30.7 Å². The van der Waals surface area contributed by atoms with Crippen LogP contribution in [0.25, 0.3) is 0 Å². The van der Waals surface area contributed by atoms with E-state index in [2.05, 4.69) is 25.4 Å². The number of amides is 1. The van der Waals surface area contributed by atoms with Crippen LogP contribution in [0.1, 0.15) is 28.8 Å². The van der Waals surface area contributed by atoms with Crippen molar-refractivity contribution in [2.45, 2.75) is 19.9 Å². The van der Waals surface area contributed by atoms with Crippen LogP contribution in [0.15, 0.2) is 11.4 Å². The van der Waals surface area contributed by atoms with Gasteiger partial charge in [0.25, 0.3) is 5.91 Å². The molecule has 118 valence electrons. The van der Waals surface area contributed by atoms with Crippen LogP contribution in [0.5, 0.6) is 0 Å². The zero-order valence-corrected chi connectivity index (χ0v) is 13.3. The van der Waals surface area contributed by atoms with E-state index in [0.717, 1.165) is 50.7 Å². The zero-order chi connectivity index (χ0) is 15.4. The normalized spacial score (nSPS) is 15.9. The van der Waals surface area contributed by atoms with Crippen LogP contribution in [-0.4, -0.2) is 52.3 Å². The molecule has 0 saturated carbocycles. The fourth-order valence-electron chi connectivity index (χ4n) is 2.25. The molecule has 0 aromatic carbocycles. The lowest BCUT2D eigenvalue weighted by Crippen LogP contribution is -2.35. The standard InChI is InChI=1S/C14H19N5O2S/c1-2-10-7-12(18-17-10)13(20)16-14-15-11(9-22-14)8-19-3-5-21-6-4-19/h7,9H,2-6,8H2,1H3,(H,17,18)(H,15,16,20). The van der Waals surface area contributed by atoms with Crippen LogP contribution in [0, 0.1) is 0 Å². The summed E-state index contributed by atoms with van der Waals surface area (Å²) in [5.74, 6) is -0.233. The van der Waals surface area contributed by atoms with Crippen molar-refractivity contribution in [3.8, 4) is 0 Å². The number of nitrogens with one attached hydrogen (secondary N) is 2. The Kier molecular flexibility index (Phi) is 4.81. The van der Waals surface area contributed by atoms with Crippen LogP contribution < -0.4 is 5.32 Å². The Hall–Kier alpha value is -1.77. The van der Waals surface area contributed by atoms with Gasteiger partial charge in [0.05, 0.1) is 18.9 Å². The number of carbonyl (C=O) groups is 1. The molecule has 8 heteroatoms. The van der Waals surface area contributed by atoms with E-state index in [9.17, 15) is 4.79 Å². The van der Waals surface area contributed by atoms with Crippen molar-refractivity contribution >= 4 is 22.4 Å². The highest BCUT2D eigenvalue weighted by Gasteiger charge is 2.15. The number of morpholine rings is 1. The molecule has 0 atom stereocenters. The van der Waals surface area contributed by atoms with Gasteiger partial charge >= 0.3 is 0 Å². The van der Waals surface area contributed by atoms with Crippen molar-refractivity contribution < 1.29 is 9.53 Å². The van der Waals surface area contributed by atoms with Gasteiger partial charge in [-0.1, -0.05) is 6.92 Å². The number of aryl methyl sites for hydroxylation is 1. The first-order chi connectivity index (χ1) is 10.7. The molecular weight excluding hydrogens is 302 g/mol. The number of ether oxygens (including phenoxy) is 1. The van der Waals surface area contributed by atoms with E-state index in [1.165, 1.54) is 11.3 Å². The van der Waals surface area contributed by atoms with Crippen molar-refractivity contribution in [1.29, 1.82) is 0 Å². The van der Waals surface area contributed by atoms with E-state index in [-0.39, 0.29) is 5.91 Å². The molecule has 1 aliphatic rings. The number of hydrogen-bond acceptors (Lipinski definition) is 6. The van der Waals surface area contributed by atoms with Crippen molar-refractivity contribution in [3.63, 3.8) is 0 Å². The van der Waals surface area contributed by atoms with Gasteiger partial charge in [-0.3, -0.25) is 20.1 Å². The first-order valence-corrected chi connectivity index (χ1v) is 8.22. The molecule has 0 bridgehead atoms. The molecule has 2 N–H and O–H groups in total. The molecule has 3 rings (SSSR count). The van der Waals surface area contributed by atoms with Gasteiger partial charge in [-0.05, 0) is 12.5 Å². The minimum absolute atomic E-state index is 0.233. The number of aromatic amines is 1. The summed E-state index contributed by atoms with van der Waals surface area (Å²) in [6.07, 6.45) is 0.821. The SMILES string of the molecule is CCc1cc(C(=O)Nc2nc(CN3CCOCC3)cs2)n[nH]1. The molecule has 3 heterocycles. The summed E-state index contributed by atoms with van der Waals surface area (Å²) in [4.78, 5) is 18.8. The van der Waals surface area contributed by atoms with E-state index in [1.807, 2.05) is 12.3 Å². The Bertz CT molecular complexity index is 633. The minimum atomic E-state index is -0.233. The van der Waals surface area contributed by atoms with Gasteiger partial charge in [0.15, 0.2) is 10.8 Å². The molecule has 1 amide bonds. The first-order valence-electron chi connectivity index (χ1n) is 7.34. The second-order valence-corrected chi connectivity index (χ2v) is 5.98. The van der Waals surface area contributed by atoms with Gasteiger partial charge in [-0.15, -0.1) is 11.3 Å². The fourth-order valence-corrected chi connectivity index (χ4v) is 2.94. The fraction of sp³-hybridized carbons (Fsp3) is 0.500. The lowest BCUT2D eigenvalue weighted by molar-refractivity contribution is 0.0337. The highest BCUT2D eigenvalue weighted by molar-refractivity contribution is 7.13. The van der Waals surface area contributed by atoms with Gasteiger partial charge in [0.2, 0.25) is 0 Å². The molecule has 1 aliphatic heterocycles. The highest BCUT2D eigenvalue weighted by atomic mass is 32.1. The van der Waals surface area contributed by atoms with E-state index in [0.29, 0.717) is 10.8 Å². The number of aromatic nitrogens is 3. The van der Waals surface area contributed by atoms with Crippen LogP contribution in [-0.2, 0) is 17.7 Å². The minimum Gasteiger partial charge on any atom is -0.379 e. The van der Waals surface area contributed by atoms with E-state index in [4.69, 9.17) is 4.74 Å². The summed E-state index contributed by atoms with van der Waals surface area (Å²) in [6.45, 7) is 6.18. The van der Waals surface area contributed by atoms with Crippen LogP contribution in [0.4, 0.5) is 5.13 Å². The predicted octanol–water partition coefficient (Wildman–Crippen LogP) is 1.51. The summed E-state index contributed by atoms with van der Waals surface area (Å²) < 4.78 is 5.33. The Labute approximate surface area is 132 Å². The lowest BCUT2D eigenvalue weighted by atomic mass is 10.3. The molecule has 0 unspecified atom stereocenters. The van der Waals surface area contributed by atoms with Crippen molar-refractivity contribution in [1.82, 2.24) is 20.1 Å². The van der Waals surface area contributed by atoms with Crippen molar-refractivity contribution in [3.05, 3.63) is 28.5 Å². The largest absolute Gasteiger partial charge is 0.379 e. The van der Waals surface area contributed by atoms with Crippen LogP contribution in [0.2, 0.25) is 0 Å². The lowest BCUT2D eigenvalue weighted by Gasteiger charge is -2.25. The third kappa shape index (κ3) is 3.70. The number of carbonyl (C=O) groups excluding carboxylic acids is 1. The second kappa shape index (κ2) is 6.99. The summed E-state index contributed by atoms with van der Waals surface area (Å²) in [6, 6.07) is 1.76. The molecular formula is C14H19N5O2S. The monoisotopic (exact) mass is 321 g/mol. The van der Waals surface area contributed by atoms with E-state index < -0.39 is 0 Å². The average Bonchev–Trinajstić information content (AvgIpc) is 3.17. The van der Waals surface area contributed by atoms with Crippen LogP contribution in [0.3, 0.4) is 0 Å². The second-order valence-electron chi connectivity index (χ2n) is 5.12. The van der Waals surface area contributed by atoms with E-state index in [1.54, 1.807) is 6.07 Å². The van der Waals surface area contributed by atoms with Gasteiger partial charge < -0.3 is 4.74 Å². The Morgan fingerprint density at radius 3 is 3.05 bits per heavy atom. The molecule has 1 fully saturated rings. The van der Waals surface area contributed by atoms with Gasteiger partial charge in [-0.2, -0.15) is 5.10 Å². The number of nitrogens with zero attached hydrogens (tertiary/aromatic N) is 3. The molecule has 2 aromatic heterocycles. The maximum absolute atomic E-state index is 12.1. The molecule has 7 nitrogen and oxygen atoms in total. The van der Waals surface area contributed by atoms with Crippen molar-refractivity contribution in [2.24, 2.45) is 0 Å². The molecule has 0 spiro atoms. The smallest absolute Gasteiger partial charge is 0.277 e. The van der Waals surface area contributed by atoms with Gasteiger partial charge in [-0.25, -0.2) is 4.98 Å². The van der Waals surface area contributed by atoms with Crippen molar-refractivity contribution in [2.75, 3.05) is 31.6 Å². The molecule has 2 aromatic rings. The molecule has 0 radical (unpaired) electrons. The topological polar surface area (TPSA) is 83.1 Å². The maximum Gasteiger partial charge on any atom is 0.277 e. The highest BCUT2D eigenvalue weighted by Crippen LogP contribution is 2.18. The number of anilines is 1. The Morgan fingerprint density at radius 1 is 1.50 bits per heavy atom. The molecule has 0 aliphatic carbocycles. The van der Waals surface area contributed by atoms with Gasteiger partial charge in [0.1, 0.15) is 0 Å². The Morgan fingerprint density at radius 2 is 2.32 bits per heavy atom. The predicted molar refractivity (Wildman–Crippen MR) is 84.1 cm³/mol.